The Labute approximate surface area is 228 Å². The van der Waals surface area contributed by atoms with Crippen molar-refractivity contribution in [1.29, 1.82) is 0 Å². The third-order valence-electron chi connectivity index (χ3n) is 7.13. The van der Waals surface area contributed by atoms with Gasteiger partial charge < -0.3 is 14.0 Å². The summed E-state index contributed by atoms with van der Waals surface area (Å²) in [6, 6.07) is 23.7. The minimum atomic E-state index is -0.498. The second kappa shape index (κ2) is 10.8. The number of anilines is 2. The van der Waals surface area contributed by atoms with E-state index in [1.54, 1.807) is 6.92 Å². The van der Waals surface area contributed by atoms with Crippen molar-refractivity contribution in [3.8, 4) is 22.5 Å². The number of nitrogens with zero attached hydrogens (tertiary/aromatic N) is 2. The van der Waals surface area contributed by atoms with Crippen LogP contribution < -0.4 is 4.90 Å². The normalized spacial score (nSPS) is 13.5. The lowest BCUT2D eigenvalue weighted by Gasteiger charge is -2.22. The number of hydrogen-bond donors (Lipinski definition) is 0. The van der Waals surface area contributed by atoms with Crippen LogP contribution in [0.1, 0.15) is 43.5 Å². The predicted octanol–water partition coefficient (Wildman–Crippen LogP) is 7.51. The largest absolute Gasteiger partial charge is 0.465 e. The van der Waals surface area contributed by atoms with Crippen molar-refractivity contribution in [2.24, 2.45) is 0 Å². The Morgan fingerprint density at radius 3 is 1.95 bits per heavy atom. The minimum Gasteiger partial charge on any atom is -0.465 e. The number of amides is 1. The Kier molecular flexibility index (Phi) is 7.24. The maximum absolute atomic E-state index is 13.1. The van der Waals surface area contributed by atoms with Crippen LogP contribution in [0, 0.1) is 13.8 Å². The highest BCUT2D eigenvalue weighted by atomic mass is 16.6. The van der Waals surface area contributed by atoms with Gasteiger partial charge in [-0.2, -0.15) is 0 Å². The third-order valence-corrected chi connectivity index (χ3v) is 7.13. The highest BCUT2D eigenvalue weighted by Crippen LogP contribution is 2.49. The molecular weight excluding hydrogens is 492 g/mol. The zero-order chi connectivity index (χ0) is 27.6. The first-order chi connectivity index (χ1) is 18.9. The predicted molar refractivity (Wildman–Crippen MR) is 150 cm³/mol. The Balaban J connectivity index is 1.44. The summed E-state index contributed by atoms with van der Waals surface area (Å²) in [5, 5.41) is 4.18. The van der Waals surface area contributed by atoms with Crippen LogP contribution in [0.3, 0.4) is 0 Å². The number of rotatable bonds is 8. The van der Waals surface area contributed by atoms with Crippen molar-refractivity contribution in [3.05, 3.63) is 89.6 Å². The van der Waals surface area contributed by atoms with Crippen LogP contribution in [0.15, 0.2) is 77.3 Å². The molecule has 1 aromatic heterocycles. The van der Waals surface area contributed by atoms with E-state index in [2.05, 4.69) is 5.16 Å². The molecule has 1 saturated carbocycles. The summed E-state index contributed by atoms with van der Waals surface area (Å²) in [7, 11) is 0. The van der Waals surface area contributed by atoms with Gasteiger partial charge in [0.25, 0.3) is 0 Å². The van der Waals surface area contributed by atoms with Crippen LogP contribution >= 0.6 is 0 Å². The van der Waals surface area contributed by atoms with Crippen molar-refractivity contribution < 1.29 is 23.6 Å². The maximum atomic E-state index is 13.1. The molecule has 1 fully saturated rings. The Morgan fingerprint density at radius 1 is 0.821 bits per heavy atom. The smallest absolute Gasteiger partial charge is 0.419 e. The van der Waals surface area contributed by atoms with Crippen molar-refractivity contribution >= 4 is 23.4 Å². The number of esters is 1. The first-order valence-corrected chi connectivity index (χ1v) is 13.3. The maximum Gasteiger partial charge on any atom is 0.419 e. The average molecular weight is 525 g/mol. The van der Waals surface area contributed by atoms with Gasteiger partial charge in [0.05, 0.1) is 24.3 Å². The zero-order valence-electron chi connectivity index (χ0n) is 22.7. The number of carbonyl (C=O) groups excluding carboxylic acids is 2. The molecule has 3 aromatic carbocycles. The molecular formula is C32H32N2O5. The second-order valence-electron chi connectivity index (χ2n) is 9.77. The number of hydrogen-bond acceptors (Lipinski definition) is 6. The van der Waals surface area contributed by atoms with E-state index in [9.17, 15) is 9.59 Å². The molecule has 0 radical (unpaired) electrons. The highest BCUT2D eigenvalue weighted by Gasteiger charge is 2.52. The number of aryl methyl sites for hydroxylation is 2. The number of benzene rings is 3. The summed E-state index contributed by atoms with van der Waals surface area (Å²) >= 11 is 0. The van der Waals surface area contributed by atoms with Crippen LogP contribution in [-0.2, 0) is 19.7 Å². The molecule has 1 aliphatic rings. The highest BCUT2D eigenvalue weighted by molar-refractivity contribution is 6.00. The summed E-state index contributed by atoms with van der Waals surface area (Å²) in [6.07, 6.45) is 1.15. The van der Waals surface area contributed by atoms with Crippen LogP contribution in [0.25, 0.3) is 22.5 Å². The molecule has 1 aliphatic carbocycles. The lowest BCUT2D eigenvalue weighted by Crippen LogP contribution is -2.27. The topological polar surface area (TPSA) is 81.9 Å². The quantitative estimate of drug-likeness (QED) is 0.222. The summed E-state index contributed by atoms with van der Waals surface area (Å²) in [4.78, 5) is 27.0. The van der Waals surface area contributed by atoms with E-state index < -0.39 is 11.5 Å². The second-order valence-corrected chi connectivity index (χ2v) is 9.77. The van der Waals surface area contributed by atoms with Gasteiger partial charge in [-0.25, -0.2) is 9.69 Å². The van der Waals surface area contributed by atoms with E-state index in [1.165, 1.54) is 4.90 Å². The molecule has 200 valence electrons. The van der Waals surface area contributed by atoms with Gasteiger partial charge in [-0.15, -0.1) is 0 Å². The molecule has 0 bridgehead atoms. The molecule has 39 heavy (non-hydrogen) atoms. The Hall–Kier alpha value is -4.39. The van der Waals surface area contributed by atoms with Crippen LogP contribution in [0.5, 0.6) is 0 Å². The summed E-state index contributed by atoms with van der Waals surface area (Å²) in [5.41, 5.74) is 6.22. The minimum absolute atomic E-state index is 0.136. The van der Waals surface area contributed by atoms with Crippen LogP contribution in [0.4, 0.5) is 16.2 Å². The summed E-state index contributed by atoms with van der Waals surface area (Å²) in [6.45, 7) is 8.05. The van der Waals surface area contributed by atoms with E-state index in [1.807, 2.05) is 93.6 Å². The standard InChI is InChI=1S/C32H32N2O5/c1-5-37-30(35)32(19-20-32)26-15-13-24(14-16-26)23-9-11-25(12-10-23)29-28(22(4)33-39-29)34(31(36)38-6-2)27-17-7-21(3)8-18-27/h7-18H,5-6,19-20H2,1-4H3. The van der Waals surface area contributed by atoms with Crippen LogP contribution in [-0.4, -0.2) is 30.4 Å². The van der Waals surface area contributed by atoms with Gasteiger partial charge in [-0.05, 0) is 69.4 Å². The molecule has 5 rings (SSSR count). The molecule has 4 aromatic rings. The third kappa shape index (κ3) is 5.04. The molecule has 0 aliphatic heterocycles. The Bertz CT molecular complexity index is 1470. The Morgan fingerprint density at radius 2 is 1.38 bits per heavy atom. The van der Waals surface area contributed by atoms with Crippen molar-refractivity contribution in [3.63, 3.8) is 0 Å². The van der Waals surface area contributed by atoms with Gasteiger partial charge in [0.2, 0.25) is 0 Å². The molecule has 0 spiro atoms. The fraction of sp³-hybridized carbons (Fsp3) is 0.281. The summed E-state index contributed by atoms with van der Waals surface area (Å²) in [5.74, 6) is 0.343. The molecule has 7 nitrogen and oxygen atoms in total. The molecule has 1 amide bonds. The number of carbonyl (C=O) groups is 2. The molecule has 0 saturated heterocycles. The molecule has 7 heteroatoms. The van der Waals surface area contributed by atoms with Crippen LogP contribution in [0.2, 0.25) is 0 Å². The fourth-order valence-electron chi connectivity index (χ4n) is 4.83. The number of ether oxygens (including phenoxy) is 2. The van der Waals surface area contributed by atoms with Crippen molar-refractivity contribution in [2.75, 3.05) is 18.1 Å². The van der Waals surface area contributed by atoms with Gasteiger partial charge >= 0.3 is 12.1 Å². The monoisotopic (exact) mass is 524 g/mol. The van der Waals surface area contributed by atoms with Crippen molar-refractivity contribution in [2.45, 2.75) is 46.0 Å². The molecule has 0 atom stereocenters. The number of aromatic nitrogens is 1. The van der Waals surface area contributed by atoms with E-state index in [0.717, 1.165) is 40.7 Å². The van der Waals surface area contributed by atoms with Gasteiger partial charge in [0.15, 0.2) is 5.76 Å². The lowest BCUT2D eigenvalue weighted by molar-refractivity contribution is -0.146. The van der Waals surface area contributed by atoms with Gasteiger partial charge in [0, 0.05) is 5.56 Å². The molecule has 0 N–H and O–H groups in total. The first-order valence-electron chi connectivity index (χ1n) is 13.3. The van der Waals surface area contributed by atoms with E-state index in [-0.39, 0.29) is 12.6 Å². The average Bonchev–Trinajstić information content (AvgIpc) is 3.68. The van der Waals surface area contributed by atoms with Gasteiger partial charge in [0.1, 0.15) is 11.4 Å². The van der Waals surface area contributed by atoms with Gasteiger partial charge in [-0.3, -0.25) is 4.79 Å². The van der Waals surface area contributed by atoms with E-state index >= 15 is 0 Å². The van der Waals surface area contributed by atoms with E-state index in [0.29, 0.717) is 29.4 Å². The molecule has 1 heterocycles. The first kappa shape index (κ1) is 26.2. The van der Waals surface area contributed by atoms with Gasteiger partial charge in [-0.1, -0.05) is 71.4 Å². The zero-order valence-corrected chi connectivity index (χ0v) is 22.7. The molecule has 0 unspecified atom stereocenters. The van der Waals surface area contributed by atoms with Crippen molar-refractivity contribution in [1.82, 2.24) is 5.16 Å². The lowest BCUT2D eigenvalue weighted by atomic mass is 9.93. The SMILES string of the molecule is CCOC(=O)N(c1ccc(C)cc1)c1c(C)noc1-c1ccc(-c2ccc(C3(C(=O)OCC)CC3)cc2)cc1. The summed E-state index contributed by atoms with van der Waals surface area (Å²) < 4.78 is 16.4. The van der Waals surface area contributed by atoms with E-state index in [4.69, 9.17) is 14.0 Å². The fourth-order valence-corrected chi connectivity index (χ4v) is 4.83.